The summed E-state index contributed by atoms with van der Waals surface area (Å²) in [6, 6.07) is 5.40. The molecule has 2 saturated heterocycles. The van der Waals surface area contributed by atoms with Gasteiger partial charge >= 0.3 is 7.12 Å². The first-order chi connectivity index (χ1) is 11.2. The number of halogens is 2. The maximum atomic E-state index is 12.5. The van der Waals surface area contributed by atoms with Crippen molar-refractivity contribution < 1.29 is 14.1 Å². The number of hydrogen-bond acceptors (Lipinski definition) is 4. The minimum Gasteiger partial charge on any atom is -0.399 e. The van der Waals surface area contributed by atoms with Crippen LogP contribution in [0.2, 0.25) is 5.02 Å². The van der Waals surface area contributed by atoms with Crippen LogP contribution >= 0.6 is 24.0 Å². The third kappa shape index (κ3) is 4.14. The second-order valence-corrected chi connectivity index (χ2v) is 7.89. The van der Waals surface area contributed by atoms with Gasteiger partial charge < -0.3 is 19.9 Å². The second kappa shape index (κ2) is 7.45. The first kappa shape index (κ1) is 20.5. The average molecular weight is 387 g/mol. The van der Waals surface area contributed by atoms with Crippen LogP contribution in [0, 0.1) is 0 Å². The summed E-state index contributed by atoms with van der Waals surface area (Å²) < 4.78 is 12.1. The molecule has 0 aromatic heterocycles. The van der Waals surface area contributed by atoms with E-state index in [0.29, 0.717) is 16.0 Å². The molecule has 1 aromatic rings. The number of carbonyl (C=O) groups is 1. The maximum Gasteiger partial charge on any atom is 0.496 e. The summed E-state index contributed by atoms with van der Waals surface area (Å²) in [5.74, 6) is -0.0989. The SMILES string of the molecule is CC1(C)OB(c2cc(C(=O)N[C@H]3CCNC3)ccc2Cl)OC1(C)C.Cl. The zero-order valence-corrected chi connectivity index (χ0v) is 16.6. The van der Waals surface area contributed by atoms with E-state index in [-0.39, 0.29) is 24.4 Å². The minimum absolute atomic E-state index is 0. The van der Waals surface area contributed by atoms with Gasteiger partial charge in [0.1, 0.15) is 0 Å². The Morgan fingerprint density at radius 3 is 2.48 bits per heavy atom. The summed E-state index contributed by atoms with van der Waals surface area (Å²) in [5.41, 5.74) is 0.354. The Hall–Kier alpha value is -0.785. The number of hydrogen-bond donors (Lipinski definition) is 2. The van der Waals surface area contributed by atoms with Crippen LogP contribution in [0.25, 0.3) is 0 Å². The summed E-state index contributed by atoms with van der Waals surface area (Å²) in [6.07, 6.45) is 0.948. The largest absolute Gasteiger partial charge is 0.496 e. The minimum atomic E-state index is -0.580. The van der Waals surface area contributed by atoms with Crippen LogP contribution in [0.5, 0.6) is 0 Å². The lowest BCUT2D eigenvalue weighted by molar-refractivity contribution is 0.00578. The van der Waals surface area contributed by atoms with Crippen LogP contribution in [0.1, 0.15) is 44.5 Å². The van der Waals surface area contributed by atoms with E-state index in [4.69, 9.17) is 20.9 Å². The molecule has 0 bridgehead atoms. The maximum absolute atomic E-state index is 12.5. The monoisotopic (exact) mass is 386 g/mol. The molecule has 0 aliphatic carbocycles. The van der Waals surface area contributed by atoms with E-state index < -0.39 is 18.3 Å². The van der Waals surface area contributed by atoms with Gasteiger partial charge in [0, 0.05) is 28.6 Å². The summed E-state index contributed by atoms with van der Waals surface area (Å²) in [7, 11) is -0.580. The van der Waals surface area contributed by atoms with Gasteiger partial charge in [-0.05, 0) is 58.9 Å². The molecule has 0 saturated carbocycles. The summed E-state index contributed by atoms with van der Waals surface area (Å²) >= 11 is 6.34. The highest BCUT2D eigenvalue weighted by Gasteiger charge is 2.52. The molecule has 0 spiro atoms. The Balaban J connectivity index is 0.00000225. The number of nitrogens with one attached hydrogen (secondary N) is 2. The third-order valence-electron chi connectivity index (χ3n) is 5.16. The number of carbonyl (C=O) groups excluding carboxylic acids is 1. The van der Waals surface area contributed by atoms with Crippen LogP contribution < -0.4 is 16.1 Å². The van der Waals surface area contributed by atoms with Gasteiger partial charge in [0.05, 0.1) is 11.2 Å². The molecular formula is C17H25BCl2N2O3. The van der Waals surface area contributed by atoms with E-state index >= 15 is 0 Å². The van der Waals surface area contributed by atoms with Gasteiger partial charge in [0.2, 0.25) is 0 Å². The first-order valence-electron chi connectivity index (χ1n) is 8.36. The van der Waals surface area contributed by atoms with Gasteiger partial charge in [0.15, 0.2) is 0 Å². The molecule has 2 N–H and O–H groups in total. The van der Waals surface area contributed by atoms with Crippen LogP contribution in [-0.4, -0.2) is 43.4 Å². The number of amides is 1. The predicted molar refractivity (Wildman–Crippen MR) is 103 cm³/mol. The Labute approximate surface area is 160 Å². The standard InChI is InChI=1S/C17H24BClN2O3.ClH/c1-16(2)17(3,4)24-18(23-16)13-9-11(5-6-14(13)19)15(22)21-12-7-8-20-10-12;/h5-6,9,12,20H,7-8,10H2,1-4H3,(H,21,22);1H/t12-;/m0./s1. The highest BCUT2D eigenvalue weighted by molar-refractivity contribution is 6.65. The lowest BCUT2D eigenvalue weighted by Crippen LogP contribution is -2.41. The van der Waals surface area contributed by atoms with Gasteiger partial charge in [-0.25, -0.2) is 0 Å². The van der Waals surface area contributed by atoms with E-state index in [1.807, 2.05) is 27.7 Å². The van der Waals surface area contributed by atoms with E-state index in [1.165, 1.54) is 0 Å². The van der Waals surface area contributed by atoms with Crippen molar-refractivity contribution in [3.8, 4) is 0 Å². The highest BCUT2D eigenvalue weighted by Crippen LogP contribution is 2.37. The molecule has 25 heavy (non-hydrogen) atoms. The van der Waals surface area contributed by atoms with E-state index in [2.05, 4.69) is 10.6 Å². The Bertz CT molecular complexity index is 633. The topological polar surface area (TPSA) is 59.6 Å². The van der Waals surface area contributed by atoms with Crippen LogP contribution in [0.3, 0.4) is 0 Å². The zero-order valence-electron chi connectivity index (χ0n) is 15.0. The predicted octanol–water partition coefficient (Wildman–Crippen LogP) is 2.15. The van der Waals surface area contributed by atoms with Gasteiger partial charge in [0.25, 0.3) is 5.91 Å². The fourth-order valence-electron chi connectivity index (χ4n) is 2.88. The molecule has 2 heterocycles. The van der Waals surface area contributed by atoms with Crippen molar-refractivity contribution in [1.82, 2.24) is 10.6 Å². The van der Waals surface area contributed by atoms with Crippen molar-refractivity contribution in [1.29, 1.82) is 0 Å². The molecular weight excluding hydrogens is 362 g/mol. The van der Waals surface area contributed by atoms with Gasteiger partial charge in [-0.15, -0.1) is 12.4 Å². The number of benzene rings is 1. The first-order valence-corrected chi connectivity index (χ1v) is 8.74. The van der Waals surface area contributed by atoms with Crippen molar-refractivity contribution in [2.75, 3.05) is 13.1 Å². The molecule has 0 radical (unpaired) electrons. The Kier molecular flexibility index (Phi) is 6.12. The Morgan fingerprint density at radius 1 is 1.28 bits per heavy atom. The van der Waals surface area contributed by atoms with Crippen molar-refractivity contribution >= 4 is 42.5 Å². The molecule has 0 unspecified atom stereocenters. The highest BCUT2D eigenvalue weighted by atomic mass is 35.5. The summed E-state index contributed by atoms with van der Waals surface area (Å²) in [4.78, 5) is 12.5. The lowest BCUT2D eigenvalue weighted by atomic mass is 9.78. The Morgan fingerprint density at radius 2 is 1.92 bits per heavy atom. The fourth-order valence-corrected chi connectivity index (χ4v) is 3.09. The molecule has 8 heteroatoms. The van der Waals surface area contributed by atoms with Crippen molar-refractivity contribution in [3.63, 3.8) is 0 Å². The van der Waals surface area contributed by atoms with Crippen LogP contribution in [-0.2, 0) is 9.31 Å². The zero-order chi connectivity index (χ0) is 17.5. The van der Waals surface area contributed by atoms with Gasteiger partial charge in [-0.3, -0.25) is 4.79 Å². The van der Waals surface area contributed by atoms with E-state index in [9.17, 15) is 4.79 Å². The molecule has 1 amide bonds. The third-order valence-corrected chi connectivity index (χ3v) is 5.51. The molecule has 1 atom stereocenters. The summed E-state index contributed by atoms with van der Waals surface area (Å²) in [5, 5.41) is 6.81. The lowest BCUT2D eigenvalue weighted by Gasteiger charge is -2.32. The summed E-state index contributed by atoms with van der Waals surface area (Å²) in [6.45, 7) is 9.71. The number of rotatable bonds is 3. The smallest absolute Gasteiger partial charge is 0.399 e. The van der Waals surface area contributed by atoms with Gasteiger partial charge in [-0.2, -0.15) is 0 Å². The molecule has 3 rings (SSSR count). The molecule has 5 nitrogen and oxygen atoms in total. The van der Waals surface area contributed by atoms with Crippen LogP contribution in [0.15, 0.2) is 18.2 Å². The molecule has 2 aliphatic heterocycles. The molecule has 138 valence electrons. The average Bonchev–Trinajstić information content (AvgIpc) is 3.05. The van der Waals surface area contributed by atoms with E-state index in [0.717, 1.165) is 19.5 Å². The van der Waals surface area contributed by atoms with Crippen molar-refractivity contribution in [2.24, 2.45) is 0 Å². The van der Waals surface area contributed by atoms with E-state index in [1.54, 1.807) is 18.2 Å². The normalized spacial score (nSPS) is 24.0. The molecule has 1 aromatic carbocycles. The second-order valence-electron chi connectivity index (χ2n) is 7.49. The van der Waals surface area contributed by atoms with Crippen molar-refractivity contribution in [2.45, 2.75) is 51.4 Å². The fraction of sp³-hybridized carbons (Fsp3) is 0.588. The van der Waals surface area contributed by atoms with Crippen LogP contribution in [0.4, 0.5) is 0 Å². The van der Waals surface area contributed by atoms with Gasteiger partial charge in [-0.1, -0.05) is 11.6 Å². The molecule has 2 aliphatic rings. The quantitative estimate of drug-likeness (QED) is 0.781. The van der Waals surface area contributed by atoms with Crippen molar-refractivity contribution in [3.05, 3.63) is 28.8 Å². The molecule has 2 fully saturated rings.